The first-order chi connectivity index (χ1) is 27.0. The third-order valence-electron chi connectivity index (χ3n) is 8.72. The Morgan fingerprint density at radius 2 is 0.764 bits per heavy atom. The van der Waals surface area contributed by atoms with Crippen LogP contribution >= 0.6 is 31.9 Å². The van der Waals surface area contributed by atoms with Gasteiger partial charge >= 0.3 is 0 Å². The normalized spacial score (nSPS) is 12.3. The number of hydrogen-bond donors (Lipinski definition) is 0. The van der Waals surface area contributed by atoms with Crippen LogP contribution in [-0.4, -0.2) is 0 Å². The maximum atomic E-state index is 9.69. The Bertz CT molecular complexity index is 2330. The average Bonchev–Trinajstić information content (AvgIpc) is 3.23. The molecular formula is C48H32Br2N4O. The van der Waals surface area contributed by atoms with Crippen LogP contribution in [0.1, 0.15) is 11.1 Å². The lowest BCUT2D eigenvalue weighted by molar-refractivity contribution is 0.332. The van der Waals surface area contributed by atoms with E-state index in [9.17, 15) is 10.5 Å². The smallest absolute Gasteiger partial charge is 0.137 e. The molecule has 1 heterocycles. The zero-order chi connectivity index (χ0) is 38.0. The number of nitriles is 2. The summed E-state index contributed by atoms with van der Waals surface area (Å²) in [5.74, 6) is 1.02. The van der Waals surface area contributed by atoms with Crippen LogP contribution in [0.5, 0.6) is 0 Å². The lowest BCUT2D eigenvalue weighted by Crippen LogP contribution is -2.09. The summed E-state index contributed by atoms with van der Waals surface area (Å²) in [5, 5.41) is 19.4. The van der Waals surface area contributed by atoms with Crippen molar-refractivity contribution < 1.29 is 4.74 Å². The standard InChI is InChI=1S/C48H32Br2N4O/c49-39-17-25-45(26-18-39)53(41-7-3-1-4-8-41)43-21-11-35(12-22-43)15-29-47-31-37(38(33-51)34-52)32-48(55-47)30-16-36-13-23-44(24-14-36)54(42-9-5-2-6-10-42)46-27-19-40(50)20-28-46/h1-32H/b29-15+,30-16+. The summed E-state index contributed by atoms with van der Waals surface area (Å²) in [6.07, 6.45) is 11.0. The van der Waals surface area contributed by atoms with Crippen molar-refractivity contribution in [3.05, 3.63) is 225 Å². The number of halogens is 2. The largest absolute Gasteiger partial charge is 0.457 e. The van der Waals surface area contributed by atoms with E-state index in [4.69, 9.17) is 4.74 Å². The Morgan fingerprint density at radius 3 is 1.11 bits per heavy atom. The fourth-order valence-corrected chi connectivity index (χ4v) is 6.59. The SMILES string of the molecule is N#CC(C#N)=C1C=C(/C=C/c2ccc(N(c3ccccc3)c3ccc(Br)cc3)cc2)OC(/C=C/c2ccc(N(c3ccccc3)c3ccc(Br)cc3)cc2)=C1. The number of allylic oxidation sites excluding steroid dienone is 6. The predicted octanol–water partition coefficient (Wildman–Crippen LogP) is 14.0. The van der Waals surface area contributed by atoms with E-state index in [1.54, 1.807) is 12.2 Å². The van der Waals surface area contributed by atoms with E-state index in [0.717, 1.165) is 54.2 Å². The first-order valence-corrected chi connectivity index (χ1v) is 19.0. The Kier molecular flexibility index (Phi) is 11.7. The van der Waals surface area contributed by atoms with Gasteiger partial charge in [0.05, 0.1) is 0 Å². The maximum absolute atomic E-state index is 9.69. The third kappa shape index (κ3) is 9.12. The zero-order valence-electron chi connectivity index (χ0n) is 29.4. The molecule has 7 heteroatoms. The van der Waals surface area contributed by atoms with Gasteiger partial charge in [0.1, 0.15) is 29.2 Å². The molecule has 264 valence electrons. The van der Waals surface area contributed by atoms with Crippen LogP contribution in [0.4, 0.5) is 34.1 Å². The molecule has 0 atom stereocenters. The van der Waals surface area contributed by atoms with E-state index in [-0.39, 0.29) is 5.57 Å². The molecule has 7 rings (SSSR count). The fourth-order valence-electron chi connectivity index (χ4n) is 6.06. The summed E-state index contributed by atoms with van der Waals surface area (Å²) in [6.45, 7) is 0. The first kappa shape index (κ1) is 36.7. The van der Waals surface area contributed by atoms with Crippen molar-refractivity contribution >= 4 is 78.1 Å². The van der Waals surface area contributed by atoms with Crippen molar-refractivity contribution in [3.63, 3.8) is 0 Å². The second-order valence-electron chi connectivity index (χ2n) is 12.4. The highest BCUT2D eigenvalue weighted by Crippen LogP contribution is 2.37. The van der Waals surface area contributed by atoms with E-state index in [1.165, 1.54) is 0 Å². The van der Waals surface area contributed by atoms with Gasteiger partial charge in [-0.15, -0.1) is 0 Å². The van der Waals surface area contributed by atoms with Crippen molar-refractivity contribution in [2.45, 2.75) is 0 Å². The summed E-state index contributed by atoms with van der Waals surface area (Å²) >= 11 is 7.09. The molecule has 0 bridgehead atoms. The van der Waals surface area contributed by atoms with Gasteiger partial charge < -0.3 is 14.5 Å². The molecule has 0 saturated heterocycles. The second kappa shape index (κ2) is 17.5. The molecule has 0 spiro atoms. The van der Waals surface area contributed by atoms with Gasteiger partial charge in [0.25, 0.3) is 0 Å². The monoisotopic (exact) mass is 838 g/mol. The fraction of sp³-hybridized carbons (Fsp3) is 0. The minimum atomic E-state index is 0.0108. The number of rotatable bonds is 10. The van der Waals surface area contributed by atoms with E-state index in [2.05, 4.69) is 114 Å². The lowest BCUT2D eigenvalue weighted by atomic mass is 10.0. The highest BCUT2D eigenvalue weighted by atomic mass is 79.9. The molecule has 0 amide bonds. The number of hydrogen-bond acceptors (Lipinski definition) is 5. The Labute approximate surface area is 338 Å². The molecule has 6 aromatic carbocycles. The lowest BCUT2D eigenvalue weighted by Gasteiger charge is -2.25. The van der Waals surface area contributed by atoms with Crippen LogP contribution in [0, 0.1) is 22.7 Å². The van der Waals surface area contributed by atoms with Crippen LogP contribution in [0.25, 0.3) is 12.2 Å². The molecule has 0 N–H and O–H groups in total. The molecular weight excluding hydrogens is 808 g/mol. The van der Waals surface area contributed by atoms with Crippen LogP contribution in [0.2, 0.25) is 0 Å². The highest BCUT2D eigenvalue weighted by molar-refractivity contribution is 9.10. The topological polar surface area (TPSA) is 63.3 Å². The van der Waals surface area contributed by atoms with Gasteiger partial charge in [-0.05, 0) is 132 Å². The van der Waals surface area contributed by atoms with Gasteiger partial charge in [-0.2, -0.15) is 10.5 Å². The van der Waals surface area contributed by atoms with Gasteiger partial charge in [-0.25, -0.2) is 0 Å². The van der Waals surface area contributed by atoms with Crippen molar-refractivity contribution in [3.8, 4) is 12.1 Å². The number of anilines is 6. The van der Waals surface area contributed by atoms with Gasteiger partial charge in [0.15, 0.2) is 0 Å². The summed E-state index contributed by atoms with van der Waals surface area (Å²) in [6, 6.07) is 57.5. The van der Waals surface area contributed by atoms with Crippen molar-refractivity contribution in [1.82, 2.24) is 0 Å². The average molecular weight is 841 g/mol. The number of nitrogens with zero attached hydrogens (tertiary/aromatic N) is 4. The van der Waals surface area contributed by atoms with E-state index >= 15 is 0 Å². The molecule has 0 unspecified atom stereocenters. The molecule has 0 aromatic heterocycles. The molecule has 5 nitrogen and oxygen atoms in total. The predicted molar refractivity (Wildman–Crippen MR) is 231 cm³/mol. The second-order valence-corrected chi connectivity index (χ2v) is 14.2. The summed E-state index contributed by atoms with van der Waals surface area (Å²) in [7, 11) is 0. The van der Waals surface area contributed by atoms with Crippen LogP contribution in [0.3, 0.4) is 0 Å². The highest BCUT2D eigenvalue weighted by Gasteiger charge is 2.15. The van der Waals surface area contributed by atoms with Crippen LogP contribution in [-0.2, 0) is 4.74 Å². The van der Waals surface area contributed by atoms with Crippen LogP contribution < -0.4 is 9.80 Å². The van der Waals surface area contributed by atoms with Crippen molar-refractivity contribution in [2.24, 2.45) is 0 Å². The maximum Gasteiger partial charge on any atom is 0.137 e. The summed E-state index contributed by atoms with van der Waals surface area (Å²) < 4.78 is 8.28. The molecule has 55 heavy (non-hydrogen) atoms. The molecule has 1 aliphatic rings. The summed E-state index contributed by atoms with van der Waals surface area (Å²) in [4.78, 5) is 4.40. The molecule has 6 aromatic rings. The van der Waals surface area contributed by atoms with Crippen molar-refractivity contribution in [2.75, 3.05) is 9.80 Å². The minimum Gasteiger partial charge on any atom is -0.457 e. The van der Waals surface area contributed by atoms with Gasteiger partial charge in [0, 0.05) is 48.6 Å². The molecule has 0 saturated carbocycles. The Balaban J connectivity index is 1.10. The molecule has 1 aliphatic heterocycles. The molecule has 0 radical (unpaired) electrons. The summed E-state index contributed by atoms with van der Waals surface area (Å²) in [5.41, 5.74) is 8.64. The van der Waals surface area contributed by atoms with Crippen LogP contribution in [0.15, 0.2) is 214 Å². The Hall–Kier alpha value is -6.64. The number of ether oxygens (including phenoxy) is 1. The van der Waals surface area contributed by atoms with E-state index in [1.807, 2.05) is 121 Å². The van der Waals surface area contributed by atoms with Crippen molar-refractivity contribution in [1.29, 1.82) is 10.5 Å². The zero-order valence-corrected chi connectivity index (χ0v) is 32.6. The van der Waals surface area contributed by atoms with E-state index in [0.29, 0.717) is 17.1 Å². The van der Waals surface area contributed by atoms with E-state index < -0.39 is 0 Å². The third-order valence-corrected chi connectivity index (χ3v) is 9.78. The minimum absolute atomic E-state index is 0.0108. The van der Waals surface area contributed by atoms with Gasteiger partial charge in [-0.3, -0.25) is 0 Å². The molecule has 0 fully saturated rings. The quantitative estimate of drug-likeness (QED) is 0.129. The number of para-hydroxylation sites is 2. The Morgan fingerprint density at radius 1 is 0.436 bits per heavy atom. The first-order valence-electron chi connectivity index (χ1n) is 17.4. The van der Waals surface area contributed by atoms with Gasteiger partial charge in [0.2, 0.25) is 0 Å². The molecule has 0 aliphatic carbocycles. The number of benzene rings is 6. The van der Waals surface area contributed by atoms with Gasteiger partial charge in [-0.1, -0.05) is 105 Å².